The molecule has 7 nitrogen and oxygen atoms in total. The normalized spacial score (nSPS) is 24.1. The first-order chi connectivity index (χ1) is 15.7. The Bertz CT molecular complexity index is 1040. The number of benzene rings is 1. The second-order valence-electron chi connectivity index (χ2n) is 9.66. The number of aliphatic imine (C=N–C) groups is 1. The number of nitrogens with two attached hydrogens (primary N) is 1. The number of fused-ring (bicyclic) bond motifs is 1. The van der Waals surface area contributed by atoms with E-state index < -0.39 is 34.4 Å². The molecule has 0 aromatic heterocycles. The molecular weight excluding hydrogens is 428 g/mol. The zero-order chi connectivity index (χ0) is 23.8. The maximum atomic E-state index is 14.1. The average molecular weight is 458 g/mol. The van der Waals surface area contributed by atoms with E-state index in [9.17, 15) is 23.6 Å². The Morgan fingerprint density at radius 2 is 1.85 bits per heavy atom. The summed E-state index contributed by atoms with van der Waals surface area (Å²) in [5.41, 5.74) is 3.30. The molecule has 2 amide bonds. The van der Waals surface area contributed by atoms with Gasteiger partial charge in [-0.3, -0.25) is 9.59 Å². The summed E-state index contributed by atoms with van der Waals surface area (Å²) in [5, 5.41) is 13.0. The summed E-state index contributed by atoms with van der Waals surface area (Å²) < 4.78 is 27.8. The zero-order valence-electron chi connectivity index (χ0n) is 18.8. The van der Waals surface area contributed by atoms with Gasteiger partial charge in [0.1, 0.15) is 5.84 Å². The monoisotopic (exact) mass is 457 g/mol. The highest BCUT2D eigenvalue weighted by molar-refractivity contribution is 6.24. The van der Waals surface area contributed by atoms with Gasteiger partial charge in [-0.2, -0.15) is 5.26 Å². The zero-order valence-corrected chi connectivity index (χ0v) is 18.8. The highest BCUT2D eigenvalue weighted by atomic mass is 19.2. The van der Waals surface area contributed by atoms with Crippen molar-refractivity contribution in [1.82, 2.24) is 10.2 Å². The summed E-state index contributed by atoms with van der Waals surface area (Å²) in [4.78, 5) is 32.5. The number of nitriles is 1. The molecule has 0 radical (unpaired) electrons. The lowest BCUT2D eigenvalue weighted by Crippen LogP contribution is -2.60. The van der Waals surface area contributed by atoms with Gasteiger partial charge in [-0.25, -0.2) is 13.8 Å². The van der Waals surface area contributed by atoms with Crippen LogP contribution in [0.4, 0.5) is 8.78 Å². The summed E-state index contributed by atoms with van der Waals surface area (Å²) in [6.45, 7) is 1.20. The Morgan fingerprint density at radius 1 is 1.24 bits per heavy atom. The average Bonchev–Trinajstić information content (AvgIpc) is 3.09. The molecule has 3 aliphatic rings. The quantitative estimate of drug-likeness (QED) is 0.708. The number of nitrogens with zero attached hydrogens (tertiary/aromatic N) is 3. The molecule has 33 heavy (non-hydrogen) atoms. The Balaban J connectivity index is 1.88. The van der Waals surface area contributed by atoms with Crippen LogP contribution in [0.3, 0.4) is 0 Å². The van der Waals surface area contributed by atoms with Crippen molar-refractivity contribution in [3.05, 3.63) is 34.9 Å². The van der Waals surface area contributed by atoms with Gasteiger partial charge in [0.15, 0.2) is 17.2 Å². The number of hydrogen-bond donors (Lipinski definition) is 2. The predicted molar refractivity (Wildman–Crippen MR) is 118 cm³/mol. The number of piperidine rings is 1. The van der Waals surface area contributed by atoms with E-state index in [0.717, 1.165) is 44.2 Å². The third kappa shape index (κ3) is 4.01. The van der Waals surface area contributed by atoms with E-state index in [4.69, 9.17) is 10.7 Å². The predicted octanol–water partition coefficient (Wildman–Crippen LogP) is 2.88. The van der Waals surface area contributed by atoms with Gasteiger partial charge in [-0.15, -0.1) is 0 Å². The maximum absolute atomic E-state index is 14.1. The molecular formula is C24H29F2N5O2. The number of nitrogens with one attached hydrogen (secondary N) is 1. The standard InChI is InChI=1S/C24H29F2N5O2/c1-31-9-7-23(14-27,8-10-31)24(22(28)33,13-15-5-3-2-4-6-15)30-20-16-11-18(25)19(26)12-17(16)21(32)29-20/h11-12,15H,2-10,13H2,1H3,(H2,28,33)(H,29,30,32). The van der Waals surface area contributed by atoms with Gasteiger partial charge in [0.25, 0.3) is 5.91 Å². The van der Waals surface area contributed by atoms with E-state index in [-0.39, 0.29) is 29.3 Å². The molecule has 2 aliphatic heterocycles. The fourth-order valence-corrected chi connectivity index (χ4v) is 5.62. The molecule has 1 aromatic carbocycles. The van der Waals surface area contributed by atoms with Crippen LogP contribution in [0, 0.1) is 34.3 Å². The molecule has 4 rings (SSSR count). The van der Waals surface area contributed by atoms with Crippen molar-refractivity contribution in [2.75, 3.05) is 20.1 Å². The number of carbonyl (C=O) groups is 2. The third-order valence-corrected chi connectivity index (χ3v) is 7.66. The smallest absolute Gasteiger partial charge is 0.257 e. The van der Waals surface area contributed by atoms with Crippen molar-refractivity contribution >= 4 is 17.6 Å². The summed E-state index contributed by atoms with van der Waals surface area (Å²) in [7, 11) is 1.95. The minimum Gasteiger partial charge on any atom is -0.368 e. The summed E-state index contributed by atoms with van der Waals surface area (Å²) in [6.07, 6.45) is 6.07. The van der Waals surface area contributed by atoms with Gasteiger partial charge < -0.3 is 16.0 Å². The highest BCUT2D eigenvalue weighted by Gasteiger charge is 2.58. The van der Waals surface area contributed by atoms with Gasteiger partial charge in [0, 0.05) is 5.56 Å². The molecule has 1 aromatic rings. The van der Waals surface area contributed by atoms with Crippen LogP contribution in [-0.2, 0) is 4.79 Å². The number of hydrogen-bond acceptors (Lipinski definition) is 5. The lowest BCUT2D eigenvalue weighted by atomic mass is 9.60. The van der Waals surface area contributed by atoms with Crippen LogP contribution in [0.25, 0.3) is 0 Å². The Labute approximate surface area is 192 Å². The Hall–Kier alpha value is -2.86. The molecule has 2 heterocycles. The lowest BCUT2D eigenvalue weighted by Gasteiger charge is -2.47. The molecule has 1 aliphatic carbocycles. The van der Waals surface area contributed by atoms with E-state index in [0.29, 0.717) is 25.9 Å². The van der Waals surface area contributed by atoms with Crippen LogP contribution >= 0.6 is 0 Å². The van der Waals surface area contributed by atoms with Crippen molar-refractivity contribution in [2.45, 2.75) is 56.9 Å². The first kappa shape index (κ1) is 23.3. The Morgan fingerprint density at radius 3 is 2.42 bits per heavy atom. The number of amides is 2. The van der Waals surface area contributed by atoms with Crippen LogP contribution in [0.15, 0.2) is 17.1 Å². The first-order valence-electron chi connectivity index (χ1n) is 11.5. The first-order valence-corrected chi connectivity index (χ1v) is 11.5. The molecule has 0 spiro atoms. The van der Waals surface area contributed by atoms with E-state index in [1.165, 1.54) is 0 Å². The second kappa shape index (κ2) is 8.82. The molecule has 1 saturated carbocycles. The molecule has 1 unspecified atom stereocenters. The highest BCUT2D eigenvalue weighted by Crippen LogP contribution is 2.49. The van der Waals surface area contributed by atoms with Crippen LogP contribution in [0.5, 0.6) is 0 Å². The molecule has 1 atom stereocenters. The van der Waals surface area contributed by atoms with Crippen LogP contribution in [-0.4, -0.2) is 48.2 Å². The molecule has 176 valence electrons. The number of primary amides is 1. The second-order valence-corrected chi connectivity index (χ2v) is 9.66. The third-order valence-electron chi connectivity index (χ3n) is 7.66. The molecule has 1 saturated heterocycles. The number of amidine groups is 1. The minimum atomic E-state index is -1.60. The van der Waals surface area contributed by atoms with Crippen LogP contribution in [0.2, 0.25) is 0 Å². The van der Waals surface area contributed by atoms with Crippen molar-refractivity contribution in [2.24, 2.45) is 22.1 Å². The van der Waals surface area contributed by atoms with Crippen molar-refractivity contribution in [3.63, 3.8) is 0 Å². The lowest BCUT2D eigenvalue weighted by molar-refractivity contribution is -0.129. The maximum Gasteiger partial charge on any atom is 0.257 e. The number of rotatable bonds is 5. The van der Waals surface area contributed by atoms with Gasteiger partial charge in [0.2, 0.25) is 5.91 Å². The van der Waals surface area contributed by atoms with Crippen molar-refractivity contribution in [3.8, 4) is 6.07 Å². The fraction of sp³-hybridized carbons (Fsp3) is 0.583. The molecule has 9 heteroatoms. The number of likely N-dealkylation sites (tertiary alicyclic amines) is 1. The van der Waals surface area contributed by atoms with Gasteiger partial charge in [0.05, 0.1) is 17.0 Å². The summed E-state index contributed by atoms with van der Waals surface area (Å²) >= 11 is 0. The molecule has 0 bridgehead atoms. The Kier molecular flexibility index (Phi) is 6.23. The summed E-state index contributed by atoms with van der Waals surface area (Å²) in [6, 6.07) is 4.13. The van der Waals surface area contributed by atoms with Gasteiger partial charge in [-0.05, 0) is 57.5 Å². The van der Waals surface area contributed by atoms with Gasteiger partial charge in [-0.1, -0.05) is 32.1 Å². The number of halogens is 2. The largest absolute Gasteiger partial charge is 0.368 e. The van der Waals surface area contributed by atoms with E-state index in [1.54, 1.807) is 0 Å². The van der Waals surface area contributed by atoms with Crippen molar-refractivity contribution < 1.29 is 18.4 Å². The molecule has 2 fully saturated rings. The summed E-state index contributed by atoms with van der Waals surface area (Å²) in [5.74, 6) is -3.49. The fourth-order valence-electron chi connectivity index (χ4n) is 5.62. The van der Waals surface area contributed by atoms with E-state index in [1.807, 2.05) is 7.05 Å². The van der Waals surface area contributed by atoms with E-state index in [2.05, 4.69) is 16.3 Å². The molecule has 3 N–H and O–H groups in total. The van der Waals surface area contributed by atoms with Crippen molar-refractivity contribution in [1.29, 1.82) is 5.26 Å². The topological polar surface area (TPSA) is 112 Å². The number of carbonyl (C=O) groups excluding carboxylic acids is 2. The van der Waals surface area contributed by atoms with Crippen LogP contribution in [0.1, 0.15) is 67.3 Å². The van der Waals surface area contributed by atoms with E-state index >= 15 is 0 Å². The minimum absolute atomic E-state index is 0.0305. The van der Waals surface area contributed by atoms with Gasteiger partial charge >= 0.3 is 0 Å². The SMILES string of the molecule is CN1CCC(C#N)(C(CC2CCCCC2)(N=C2NC(=O)c3cc(F)c(F)cc32)C(N)=O)CC1. The van der Waals surface area contributed by atoms with Crippen LogP contribution < -0.4 is 11.1 Å².